The van der Waals surface area contributed by atoms with E-state index in [1.54, 1.807) is 0 Å². The lowest BCUT2D eigenvalue weighted by atomic mass is 10.1. The van der Waals surface area contributed by atoms with E-state index < -0.39 is 0 Å². The van der Waals surface area contributed by atoms with Crippen molar-refractivity contribution in [1.82, 2.24) is 0 Å². The van der Waals surface area contributed by atoms with Crippen molar-refractivity contribution in [2.24, 2.45) is 0 Å². The van der Waals surface area contributed by atoms with Gasteiger partial charge in [-0.05, 0) is 24.8 Å². The number of carbonyl (C=O) groups excluding carboxylic acids is 1. The quantitative estimate of drug-likeness (QED) is 0.844. The van der Waals surface area contributed by atoms with Gasteiger partial charge in [-0.3, -0.25) is 4.79 Å². The number of fused-ring (bicyclic) bond motifs is 1. The molecule has 3 nitrogen and oxygen atoms in total. The molecule has 16 heavy (non-hydrogen) atoms. The van der Waals surface area contributed by atoms with Crippen molar-refractivity contribution in [3.05, 3.63) is 16.0 Å². The van der Waals surface area contributed by atoms with Crippen molar-refractivity contribution >= 4 is 33.8 Å². The molecule has 1 aliphatic rings. The topological polar surface area (TPSA) is 52.9 Å². The lowest BCUT2D eigenvalue weighted by Gasteiger charge is -2.01. The Morgan fingerprint density at radius 1 is 1.56 bits per heavy atom. The molecule has 5 heteroatoms. The monoisotopic (exact) mass is 254 g/mol. The molecule has 0 fully saturated rings. The number of hydrogen-bond acceptors (Lipinski definition) is 3. The van der Waals surface area contributed by atoms with Gasteiger partial charge in [0.05, 0.1) is 5.56 Å². The molecule has 0 saturated heterocycles. The second-order valence-electron chi connectivity index (χ2n) is 3.66. The van der Waals surface area contributed by atoms with Crippen molar-refractivity contribution in [3.63, 3.8) is 0 Å². The highest BCUT2D eigenvalue weighted by molar-refractivity contribution is 7.16. The molecule has 1 heterocycles. The maximum Gasteiger partial charge on any atom is 0.226 e. The fourth-order valence-electron chi connectivity index (χ4n) is 1.89. The summed E-state index contributed by atoms with van der Waals surface area (Å²) in [5, 5.41) is 12.6. The molecule has 0 atom stereocenters. The first-order valence-corrected chi connectivity index (χ1v) is 6.51. The summed E-state index contributed by atoms with van der Waals surface area (Å²) in [6.07, 6.45) is 3.39. The molecule has 0 radical (unpaired) electrons. The van der Waals surface area contributed by atoms with Crippen LogP contribution in [0.3, 0.4) is 0 Å². The SMILES string of the molecule is N#Cc1c(NC(=O)CCCl)sc2c1CCC2. The van der Waals surface area contributed by atoms with Crippen LogP contribution in [0.4, 0.5) is 5.00 Å². The second-order valence-corrected chi connectivity index (χ2v) is 5.14. The Kier molecular flexibility index (Phi) is 3.47. The summed E-state index contributed by atoms with van der Waals surface area (Å²) < 4.78 is 0. The van der Waals surface area contributed by atoms with Gasteiger partial charge in [-0.25, -0.2) is 0 Å². The molecule has 1 aromatic heterocycles. The molecule has 0 spiro atoms. The number of alkyl halides is 1. The standard InChI is InChI=1S/C11H11ClN2OS/c12-5-4-10(15)14-11-8(6-13)7-2-1-3-9(7)16-11/h1-5H2,(H,14,15). The molecule has 0 bridgehead atoms. The fourth-order valence-corrected chi connectivity index (χ4v) is 3.31. The number of anilines is 1. The first kappa shape index (κ1) is 11.4. The number of carbonyl (C=O) groups is 1. The summed E-state index contributed by atoms with van der Waals surface area (Å²) in [6, 6.07) is 2.19. The maximum absolute atomic E-state index is 11.4. The van der Waals surface area contributed by atoms with Crippen molar-refractivity contribution < 1.29 is 4.79 Å². The first-order valence-electron chi connectivity index (χ1n) is 5.16. The van der Waals surface area contributed by atoms with Crippen molar-refractivity contribution in [1.29, 1.82) is 5.26 Å². The molecule has 2 rings (SSSR count). The van der Waals surface area contributed by atoms with E-state index in [-0.39, 0.29) is 12.3 Å². The Labute approximate surface area is 103 Å². The Balaban J connectivity index is 2.22. The van der Waals surface area contributed by atoms with Gasteiger partial charge in [-0.15, -0.1) is 22.9 Å². The predicted molar refractivity (Wildman–Crippen MR) is 65.0 cm³/mol. The average Bonchev–Trinajstić information content (AvgIpc) is 2.77. The van der Waals surface area contributed by atoms with Gasteiger partial charge in [-0.1, -0.05) is 0 Å². The number of nitrogens with one attached hydrogen (secondary N) is 1. The van der Waals surface area contributed by atoms with Crippen LogP contribution in [0.5, 0.6) is 0 Å². The molecule has 1 N–H and O–H groups in total. The molecule has 1 aliphatic carbocycles. The largest absolute Gasteiger partial charge is 0.317 e. The van der Waals surface area contributed by atoms with Crippen LogP contribution in [0.1, 0.15) is 28.8 Å². The highest BCUT2D eigenvalue weighted by Crippen LogP contribution is 2.38. The van der Waals surface area contributed by atoms with Gasteiger partial charge in [0.2, 0.25) is 5.91 Å². The lowest BCUT2D eigenvalue weighted by molar-refractivity contribution is -0.115. The molecule has 1 amide bonds. The molecule has 0 aromatic carbocycles. The Hall–Kier alpha value is -1.05. The summed E-state index contributed by atoms with van der Waals surface area (Å²) in [4.78, 5) is 12.7. The van der Waals surface area contributed by atoms with E-state index in [0.29, 0.717) is 16.4 Å². The van der Waals surface area contributed by atoms with Gasteiger partial charge in [-0.2, -0.15) is 5.26 Å². The Bertz CT molecular complexity index is 461. The molecule has 0 unspecified atom stereocenters. The molecular formula is C11H11ClN2OS. The average molecular weight is 255 g/mol. The van der Waals surface area contributed by atoms with Gasteiger partial charge in [0, 0.05) is 17.2 Å². The van der Waals surface area contributed by atoms with E-state index in [4.69, 9.17) is 16.9 Å². The number of thiophene rings is 1. The number of hydrogen-bond donors (Lipinski definition) is 1. The summed E-state index contributed by atoms with van der Waals surface area (Å²) in [6.45, 7) is 0. The fraction of sp³-hybridized carbons (Fsp3) is 0.455. The van der Waals surface area contributed by atoms with E-state index in [0.717, 1.165) is 24.8 Å². The zero-order valence-electron chi connectivity index (χ0n) is 8.68. The molecule has 0 saturated carbocycles. The predicted octanol–water partition coefficient (Wildman–Crippen LogP) is 2.68. The zero-order valence-corrected chi connectivity index (χ0v) is 10.2. The van der Waals surface area contributed by atoms with Crippen LogP contribution >= 0.6 is 22.9 Å². The van der Waals surface area contributed by atoms with Gasteiger partial charge in [0.15, 0.2) is 0 Å². The molecular weight excluding hydrogens is 244 g/mol. The number of amides is 1. The number of nitrogens with zero attached hydrogens (tertiary/aromatic N) is 1. The number of rotatable bonds is 3. The van der Waals surface area contributed by atoms with Gasteiger partial charge < -0.3 is 5.32 Å². The summed E-state index contributed by atoms with van der Waals surface area (Å²) in [5.74, 6) is 0.185. The van der Waals surface area contributed by atoms with Crippen LogP contribution in [0.25, 0.3) is 0 Å². The van der Waals surface area contributed by atoms with Crippen LogP contribution in [0.2, 0.25) is 0 Å². The normalized spacial score (nSPS) is 13.2. The summed E-state index contributed by atoms with van der Waals surface area (Å²) >= 11 is 7.02. The third kappa shape index (κ3) is 2.06. The summed E-state index contributed by atoms with van der Waals surface area (Å²) in [7, 11) is 0. The Morgan fingerprint density at radius 3 is 3.06 bits per heavy atom. The van der Waals surface area contributed by atoms with E-state index in [1.807, 2.05) is 0 Å². The molecule has 0 aliphatic heterocycles. The molecule has 1 aromatic rings. The van der Waals surface area contributed by atoms with Crippen LogP contribution in [-0.4, -0.2) is 11.8 Å². The number of nitriles is 1. The minimum Gasteiger partial charge on any atom is -0.317 e. The second kappa shape index (κ2) is 4.86. The van der Waals surface area contributed by atoms with Crippen LogP contribution in [0.15, 0.2) is 0 Å². The van der Waals surface area contributed by atoms with Crippen molar-refractivity contribution in [2.75, 3.05) is 11.2 Å². The highest BCUT2D eigenvalue weighted by atomic mass is 35.5. The van der Waals surface area contributed by atoms with E-state index in [1.165, 1.54) is 16.2 Å². The van der Waals surface area contributed by atoms with E-state index in [9.17, 15) is 4.79 Å². The first-order chi connectivity index (χ1) is 7.76. The van der Waals surface area contributed by atoms with Gasteiger partial charge in [0.1, 0.15) is 11.1 Å². The highest BCUT2D eigenvalue weighted by Gasteiger charge is 2.22. The third-order valence-electron chi connectivity index (χ3n) is 2.61. The van der Waals surface area contributed by atoms with Crippen molar-refractivity contribution in [3.8, 4) is 6.07 Å². The lowest BCUT2D eigenvalue weighted by Crippen LogP contribution is -2.11. The smallest absolute Gasteiger partial charge is 0.226 e. The number of halogens is 1. The van der Waals surface area contributed by atoms with Crippen LogP contribution in [-0.2, 0) is 17.6 Å². The maximum atomic E-state index is 11.4. The minimum atomic E-state index is -0.119. The molecule has 84 valence electrons. The summed E-state index contributed by atoms with van der Waals surface area (Å²) in [5.41, 5.74) is 1.79. The van der Waals surface area contributed by atoms with Crippen molar-refractivity contribution in [2.45, 2.75) is 25.7 Å². The minimum absolute atomic E-state index is 0.119. The van der Waals surface area contributed by atoms with Crippen LogP contribution < -0.4 is 5.32 Å². The van der Waals surface area contributed by atoms with Crippen LogP contribution in [0, 0.1) is 11.3 Å². The van der Waals surface area contributed by atoms with Gasteiger partial charge in [0.25, 0.3) is 0 Å². The van der Waals surface area contributed by atoms with E-state index in [2.05, 4.69) is 11.4 Å². The zero-order chi connectivity index (χ0) is 11.5. The van der Waals surface area contributed by atoms with E-state index >= 15 is 0 Å². The third-order valence-corrected chi connectivity index (χ3v) is 4.00. The number of aryl methyl sites for hydroxylation is 1. The Morgan fingerprint density at radius 2 is 2.38 bits per heavy atom. The van der Waals surface area contributed by atoms with Gasteiger partial charge >= 0.3 is 0 Å².